The molecule has 1 aliphatic heterocycles. The fraction of sp³-hybridized carbons (Fsp3) is 0.462. The van der Waals surface area contributed by atoms with Crippen molar-refractivity contribution in [1.29, 1.82) is 0 Å². The molecule has 1 aliphatic rings. The van der Waals surface area contributed by atoms with Crippen LogP contribution in [0.25, 0.3) is 0 Å². The third-order valence-corrected chi connectivity index (χ3v) is 3.14. The third kappa shape index (κ3) is 3.82. The van der Waals surface area contributed by atoms with Gasteiger partial charge in [0.25, 0.3) is 0 Å². The molecule has 1 aromatic carbocycles. The molecule has 0 aliphatic carbocycles. The van der Waals surface area contributed by atoms with Crippen molar-refractivity contribution < 1.29 is 19.0 Å². The van der Waals surface area contributed by atoms with Gasteiger partial charge in [-0.25, -0.2) is 9.18 Å². The summed E-state index contributed by atoms with van der Waals surface area (Å²) in [7, 11) is 0. The van der Waals surface area contributed by atoms with Crippen molar-refractivity contribution in [3.8, 4) is 5.75 Å². The van der Waals surface area contributed by atoms with Gasteiger partial charge in [-0.3, -0.25) is 4.90 Å². The van der Waals surface area contributed by atoms with Crippen LogP contribution in [0.2, 0.25) is 0 Å². The van der Waals surface area contributed by atoms with Crippen LogP contribution in [0.4, 0.5) is 9.18 Å². The zero-order chi connectivity index (χ0) is 13.7. The van der Waals surface area contributed by atoms with Crippen LogP contribution in [0.5, 0.6) is 5.75 Å². The topological polar surface area (TPSA) is 53.0 Å². The van der Waals surface area contributed by atoms with Gasteiger partial charge in [0.2, 0.25) is 0 Å². The molecule has 0 spiro atoms. The summed E-state index contributed by atoms with van der Waals surface area (Å²) in [5.74, 6) is -0.107. The van der Waals surface area contributed by atoms with Crippen LogP contribution < -0.4 is 4.74 Å². The Morgan fingerprint density at radius 1 is 1.26 bits per heavy atom. The predicted molar refractivity (Wildman–Crippen MR) is 67.9 cm³/mol. The van der Waals surface area contributed by atoms with E-state index in [1.54, 1.807) is 18.2 Å². The van der Waals surface area contributed by atoms with E-state index in [4.69, 9.17) is 9.84 Å². The molecular formula is C13H17FN2O3. The lowest BCUT2D eigenvalue weighted by Crippen LogP contribution is -2.49. The molecule has 1 aromatic rings. The smallest absolute Gasteiger partial charge is 0.407 e. The molecule has 0 bridgehead atoms. The van der Waals surface area contributed by atoms with E-state index in [1.807, 2.05) is 0 Å². The predicted octanol–water partition coefficient (Wildman–Crippen LogP) is 1.50. The average Bonchev–Trinajstić information content (AvgIpc) is 2.41. The third-order valence-electron chi connectivity index (χ3n) is 3.14. The molecule has 1 fully saturated rings. The number of halogens is 1. The van der Waals surface area contributed by atoms with Gasteiger partial charge in [0, 0.05) is 32.7 Å². The Morgan fingerprint density at radius 3 is 2.58 bits per heavy atom. The number of para-hydroxylation sites is 1. The molecule has 0 radical (unpaired) electrons. The Labute approximate surface area is 111 Å². The van der Waals surface area contributed by atoms with Crippen molar-refractivity contribution in [1.82, 2.24) is 9.80 Å². The Morgan fingerprint density at radius 2 is 1.95 bits per heavy atom. The molecule has 1 amide bonds. The fourth-order valence-electron chi connectivity index (χ4n) is 2.01. The molecule has 1 saturated heterocycles. The lowest BCUT2D eigenvalue weighted by Gasteiger charge is -2.32. The minimum absolute atomic E-state index is 0.256. The quantitative estimate of drug-likeness (QED) is 0.899. The van der Waals surface area contributed by atoms with Gasteiger partial charge in [0.15, 0.2) is 11.6 Å². The van der Waals surface area contributed by atoms with Crippen LogP contribution in [0.15, 0.2) is 24.3 Å². The summed E-state index contributed by atoms with van der Waals surface area (Å²) in [6.07, 6.45) is -0.873. The molecule has 0 atom stereocenters. The molecule has 6 heteroatoms. The Hall–Kier alpha value is -1.82. The van der Waals surface area contributed by atoms with Crippen LogP contribution in [-0.4, -0.2) is 60.3 Å². The second-order valence-electron chi connectivity index (χ2n) is 4.39. The van der Waals surface area contributed by atoms with E-state index in [0.29, 0.717) is 39.3 Å². The number of carbonyl (C=O) groups is 1. The van der Waals surface area contributed by atoms with Gasteiger partial charge in [-0.1, -0.05) is 12.1 Å². The molecule has 0 aromatic heterocycles. The molecule has 0 unspecified atom stereocenters. The summed E-state index contributed by atoms with van der Waals surface area (Å²) in [6.45, 7) is 3.46. The van der Waals surface area contributed by atoms with E-state index in [0.717, 1.165) is 0 Å². The summed E-state index contributed by atoms with van der Waals surface area (Å²) >= 11 is 0. The minimum atomic E-state index is -0.873. The minimum Gasteiger partial charge on any atom is -0.489 e. The maximum atomic E-state index is 13.3. The number of nitrogens with zero attached hydrogens (tertiary/aromatic N) is 2. The number of carboxylic acid groups (broad SMARTS) is 1. The zero-order valence-corrected chi connectivity index (χ0v) is 10.6. The number of amides is 1. The van der Waals surface area contributed by atoms with Crippen LogP contribution >= 0.6 is 0 Å². The number of piperazine rings is 1. The van der Waals surface area contributed by atoms with E-state index >= 15 is 0 Å². The highest BCUT2D eigenvalue weighted by Gasteiger charge is 2.19. The van der Waals surface area contributed by atoms with E-state index in [2.05, 4.69) is 4.90 Å². The normalized spacial score (nSPS) is 16.4. The SMILES string of the molecule is O=C(O)N1CCN(CCOc2ccccc2F)CC1. The monoisotopic (exact) mass is 268 g/mol. The lowest BCUT2D eigenvalue weighted by atomic mass is 10.3. The number of hydrogen-bond donors (Lipinski definition) is 1. The van der Waals surface area contributed by atoms with E-state index in [1.165, 1.54) is 11.0 Å². The Bertz CT molecular complexity index is 434. The number of benzene rings is 1. The highest BCUT2D eigenvalue weighted by molar-refractivity contribution is 5.65. The highest BCUT2D eigenvalue weighted by Crippen LogP contribution is 2.15. The molecule has 0 saturated carbocycles. The Kier molecular flexibility index (Phi) is 4.57. The van der Waals surface area contributed by atoms with Crippen LogP contribution in [0.1, 0.15) is 0 Å². The van der Waals surface area contributed by atoms with Crippen LogP contribution in [0, 0.1) is 5.82 Å². The molecule has 1 heterocycles. The molecule has 19 heavy (non-hydrogen) atoms. The van der Waals surface area contributed by atoms with Gasteiger partial charge < -0.3 is 14.7 Å². The summed E-state index contributed by atoms with van der Waals surface area (Å²) < 4.78 is 18.7. The molecule has 5 nitrogen and oxygen atoms in total. The molecule has 2 rings (SSSR count). The fourth-order valence-corrected chi connectivity index (χ4v) is 2.01. The van der Waals surface area contributed by atoms with Gasteiger partial charge in [-0.05, 0) is 12.1 Å². The van der Waals surface area contributed by atoms with Gasteiger partial charge in [-0.2, -0.15) is 0 Å². The van der Waals surface area contributed by atoms with Gasteiger partial charge >= 0.3 is 6.09 Å². The van der Waals surface area contributed by atoms with Crippen molar-refractivity contribution >= 4 is 6.09 Å². The van der Waals surface area contributed by atoms with Crippen molar-refractivity contribution in [2.24, 2.45) is 0 Å². The maximum Gasteiger partial charge on any atom is 0.407 e. The lowest BCUT2D eigenvalue weighted by molar-refractivity contribution is 0.0981. The summed E-state index contributed by atoms with van der Waals surface area (Å²) in [5.41, 5.74) is 0. The zero-order valence-electron chi connectivity index (χ0n) is 10.6. The first kappa shape index (κ1) is 13.6. The highest BCUT2D eigenvalue weighted by atomic mass is 19.1. The van der Waals surface area contributed by atoms with Crippen molar-refractivity contribution in [3.63, 3.8) is 0 Å². The number of hydrogen-bond acceptors (Lipinski definition) is 3. The summed E-state index contributed by atoms with van der Waals surface area (Å²) in [4.78, 5) is 14.2. The van der Waals surface area contributed by atoms with E-state index < -0.39 is 6.09 Å². The second-order valence-corrected chi connectivity index (χ2v) is 4.39. The average molecular weight is 268 g/mol. The summed E-state index contributed by atoms with van der Waals surface area (Å²) in [6, 6.07) is 6.30. The first-order chi connectivity index (χ1) is 9.16. The first-order valence-electron chi connectivity index (χ1n) is 6.24. The van der Waals surface area contributed by atoms with Gasteiger partial charge in [0.1, 0.15) is 6.61 Å². The second kappa shape index (κ2) is 6.38. The molecule has 1 N–H and O–H groups in total. The standard InChI is InChI=1S/C13H17FN2O3/c14-11-3-1-2-4-12(11)19-10-9-15-5-7-16(8-6-15)13(17)18/h1-4H,5-10H2,(H,17,18). The first-order valence-corrected chi connectivity index (χ1v) is 6.24. The van der Waals surface area contributed by atoms with E-state index in [9.17, 15) is 9.18 Å². The maximum absolute atomic E-state index is 13.3. The van der Waals surface area contributed by atoms with Crippen molar-refractivity contribution in [3.05, 3.63) is 30.1 Å². The van der Waals surface area contributed by atoms with Crippen molar-refractivity contribution in [2.45, 2.75) is 0 Å². The van der Waals surface area contributed by atoms with Gasteiger partial charge in [0.05, 0.1) is 0 Å². The van der Waals surface area contributed by atoms with Crippen molar-refractivity contribution in [2.75, 3.05) is 39.3 Å². The summed E-state index contributed by atoms with van der Waals surface area (Å²) in [5, 5.41) is 8.82. The number of rotatable bonds is 4. The largest absolute Gasteiger partial charge is 0.489 e. The van der Waals surface area contributed by atoms with Gasteiger partial charge in [-0.15, -0.1) is 0 Å². The van der Waals surface area contributed by atoms with Crippen LogP contribution in [-0.2, 0) is 0 Å². The molecule has 104 valence electrons. The van der Waals surface area contributed by atoms with E-state index in [-0.39, 0.29) is 11.6 Å². The number of ether oxygens (including phenoxy) is 1. The molecular weight excluding hydrogens is 251 g/mol. The Balaban J connectivity index is 1.70. The van der Waals surface area contributed by atoms with Crippen LogP contribution in [0.3, 0.4) is 0 Å².